The number of fused-ring (bicyclic) bond motifs is 11. The lowest BCUT2D eigenvalue weighted by Crippen LogP contribution is -2.43. The molecule has 21 heteroatoms. The Morgan fingerprint density at radius 3 is 1.43 bits per heavy atom. The van der Waals surface area contributed by atoms with Crippen LogP contribution in [-0.4, -0.2) is 104 Å². The van der Waals surface area contributed by atoms with E-state index in [0.29, 0.717) is 109 Å². The number of carbonyl (C=O) groups excluding carboxylic acids is 6. The molecule has 16 atom stereocenters. The number of amides is 2. The number of ether oxygens (including phenoxy) is 5. The molecule has 7 N–H and O–H groups in total. The Balaban J connectivity index is 0.000000147. The van der Waals surface area contributed by atoms with Crippen molar-refractivity contribution in [2.75, 3.05) is 28.1 Å². The van der Waals surface area contributed by atoms with Crippen molar-refractivity contribution in [3.8, 4) is 17.2 Å². The number of nitrogens with two attached hydrogens (primary N) is 1. The Morgan fingerprint density at radius 2 is 0.945 bits per heavy atom. The lowest BCUT2D eigenvalue weighted by Gasteiger charge is -2.31. The van der Waals surface area contributed by atoms with Crippen molar-refractivity contribution in [2.24, 2.45) is 76.7 Å². The number of benzene rings is 3. The van der Waals surface area contributed by atoms with E-state index in [0.717, 1.165) is 120 Å². The number of aromatic hydroxyl groups is 1. The Kier molecular flexibility index (Phi) is 31.0. The average Bonchev–Trinajstić information content (AvgIpc) is 1.65. The highest BCUT2D eigenvalue weighted by Gasteiger charge is 2.50. The van der Waals surface area contributed by atoms with Gasteiger partial charge in [-0.25, -0.2) is 0 Å². The molecule has 0 aliphatic heterocycles. The molecule has 8 saturated carbocycles. The van der Waals surface area contributed by atoms with Crippen LogP contribution in [0, 0.1) is 71.0 Å². The number of phenolic OH excluding ortho intramolecular Hbond substituents is 1. The molecule has 6 aromatic rings. The lowest BCUT2D eigenvalue weighted by atomic mass is 9.82. The van der Waals surface area contributed by atoms with Gasteiger partial charge in [-0.3, -0.25) is 38.9 Å². The summed E-state index contributed by atoms with van der Waals surface area (Å²) in [6, 6.07) is 20.4. The van der Waals surface area contributed by atoms with Crippen LogP contribution in [0.2, 0.25) is 0 Å². The molecule has 0 saturated heterocycles. The summed E-state index contributed by atoms with van der Waals surface area (Å²) in [6.45, 7) is 1.94. The van der Waals surface area contributed by atoms with Crippen molar-refractivity contribution < 1.29 is 67.5 Å². The zero-order valence-electron chi connectivity index (χ0n) is 64.0. The number of allylic oxidation sites excluding steroid dienone is 8. The molecule has 8 aliphatic carbocycles. The van der Waals surface area contributed by atoms with Gasteiger partial charge in [0.1, 0.15) is 24.0 Å². The van der Waals surface area contributed by atoms with Crippen LogP contribution >= 0.6 is 34.0 Å². The summed E-state index contributed by atoms with van der Waals surface area (Å²) < 4.78 is 28.5. The van der Waals surface area contributed by atoms with Gasteiger partial charge in [0.25, 0.3) is 11.8 Å². The molecule has 0 spiro atoms. The van der Waals surface area contributed by atoms with Gasteiger partial charge in [-0.2, -0.15) is 0 Å². The van der Waals surface area contributed by atoms with E-state index >= 15 is 0 Å². The molecule has 3 aromatic carbocycles. The third-order valence-electron chi connectivity index (χ3n) is 24.9. The van der Waals surface area contributed by atoms with Crippen molar-refractivity contribution in [3.05, 3.63) is 137 Å². The van der Waals surface area contributed by atoms with Gasteiger partial charge in [-0.1, -0.05) is 60.7 Å². The molecule has 3 heterocycles. The van der Waals surface area contributed by atoms with Gasteiger partial charge in [0.05, 0.1) is 37.2 Å². The van der Waals surface area contributed by atoms with Crippen LogP contribution in [0.25, 0.3) is 30.3 Å². The fourth-order valence-electron chi connectivity index (χ4n) is 19.4. The smallest absolute Gasteiger partial charge is 0.308 e. The van der Waals surface area contributed by atoms with Gasteiger partial charge in [-0.05, 0) is 284 Å². The third kappa shape index (κ3) is 22.3. The quantitative estimate of drug-likeness (QED) is 0.00558. The minimum absolute atomic E-state index is 0.0464. The second kappa shape index (κ2) is 41.0. The SMILES string of the molecule is COC(=O)CCC/C=C\C[C@H]1[C@@H]2CCC(C2)[C@@H]1NCOc1cccc2ccsc12.COC(=O)CCC/C=C\C[C@H]1[C@@H]2CC[C@@H](C2)[C@@H]1N.COC(=O)CCC/C=C\C[C@H]1[C@@H]2CC[C@@H](C2)[C@@H]1NC(=O)c1csc2ccc(OC(C)=O)cc12.O=C(O)CCC/C=C\C[C@H]1[C@@H]2CC[C@@H](C2)[C@@H]1NC(=O)c1csc2ccc(O)cc12. The number of unbranched alkanes of at least 4 members (excludes halogenated alkanes) is 4. The van der Waals surface area contributed by atoms with E-state index in [4.69, 9.17) is 25.1 Å². The summed E-state index contributed by atoms with van der Waals surface area (Å²) in [5.74, 6) is 8.04. The Morgan fingerprint density at radius 1 is 0.505 bits per heavy atom. The van der Waals surface area contributed by atoms with Gasteiger partial charge in [0, 0.05) is 87.7 Å². The van der Waals surface area contributed by atoms with E-state index in [-0.39, 0.29) is 59.9 Å². The molecule has 0 radical (unpaired) electrons. The van der Waals surface area contributed by atoms with E-state index in [1.807, 2.05) is 22.9 Å². The van der Waals surface area contributed by atoms with E-state index < -0.39 is 5.97 Å². The molecule has 14 rings (SSSR count). The number of carboxylic acid groups (broad SMARTS) is 1. The first kappa shape index (κ1) is 82.3. The number of esters is 4. The molecule has 8 fully saturated rings. The van der Waals surface area contributed by atoms with Crippen LogP contribution < -0.4 is 31.2 Å². The van der Waals surface area contributed by atoms with Gasteiger partial charge in [-0.15, -0.1) is 34.0 Å². The van der Waals surface area contributed by atoms with Gasteiger partial charge in [0.2, 0.25) is 0 Å². The van der Waals surface area contributed by atoms with Crippen LogP contribution in [0.3, 0.4) is 0 Å². The zero-order chi connectivity index (χ0) is 76.8. The largest absolute Gasteiger partial charge is 0.508 e. The first-order valence-corrected chi connectivity index (χ1v) is 42.7. The number of thiophene rings is 3. The van der Waals surface area contributed by atoms with E-state index in [2.05, 4.69) is 104 Å². The van der Waals surface area contributed by atoms with Crippen LogP contribution in [0.1, 0.15) is 207 Å². The maximum Gasteiger partial charge on any atom is 0.308 e. The number of hydrogen-bond donors (Lipinski definition) is 6. The zero-order valence-corrected chi connectivity index (χ0v) is 66.4. The Labute approximate surface area is 654 Å². The number of aliphatic carboxylic acids is 1. The number of rotatable bonds is 33. The first-order chi connectivity index (χ1) is 53.0. The number of nitrogens with one attached hydrogen (secondary N) is 3. The number of carbonyl (C=O) groups is 7. The van der Waals surface area contributed by atoms with Gasteiger partial charge < -0.3 is 50.3 Å². The number of hydrogen-bond acceptors (Lipinski definition) is 18. The second-order valence-corrected chi connectivity index (χ2v) is 34.2. The molecular weight excluding hydrogens is 1430 g/mol. The topological polar surface area (TPSA) is 268 Å². The second-order valence-electron chi connectivity index (χ2n) is 31.4. The van der Waals surface area contributed by atoms with Gasteiger partial charge in [0.15, 0.2) is 0 Å². The number of carboxylic acids is 1. The van der Waals surface area contributed by atoms with Crippen molar-refractivity contribution in [3.63, 3.8) is 0 Å². The summed E-state index contributed by atoms with van der Waals surface area (Å²) >= 11 is 4.79. The molecule has 1 unspecified atom stereocenters. The molecule has 8 aliphatic rings. The maximum absolute atomic E-state index is 13.3. The molecule has 3 aromatic heterocycles. The third-order valence-corrected chi connectivity index (χ3v) is 27.7. The molecule has 588 valence electrons. The van der Waals surface area contributed by atoms with Crippen molar-refractivity contribution in [2.45, 2.75) is 211 Å². The van der Waals surface area contributed by atoms with Gasteiger partial charge >= 0.3 is 29.8 Å². The standard InChI is InChI=1S/C26H31NO5S.C24H31NO3S.C23H27NO4S.C15H25NO2/c1-16(28)32-19-11-12-23-21(14-19)22(15-33-23)26(30)27-25-18-10-9-17(13-18)20(25)7-5-3-4-6-8-24(29)31-2;1-27-22(26)10-5-3-2-4-8-20-18-11-12-19(15-18)23(20)25-16-28-21-9-6-7-17-13-14-29-24(17)21;25-16-9-10-20-18(12-16)19(13-29-20)23(28)24-22-15-8-7-14(11-15)17(22)5-3-1-2-4-6-21(26)27;1-18-14(17)7-5-3-2-4-6-13-11-8-9-12(10-11)15(13)16/h3,5,11-12,14-15,17-18,20,25H,4,6-10,13H2,1-2H3,(H,27,30);2,4,6-7,9,13-14,18-20,23,25H,3,5,8,10-12,15-16H2,1H3;1,3,9-10,12-15,17,22,25H,2,4-8,11H2,(H,24,28)(H,26,27);2,4,11-13,15H,3,5-10,16H2,1H3/b5-3-;4-2-;3-1-;4-2-/t17-,18+,20+,25+;18-,19?,20+,23+;14-,15+,17+,22+;11-,12+,13+,15+/m1111/s1. The first-order valence-electron chi connectivity index (χ1n) is 40.1. The van der Waals surface area contributed by atoms with Crippen molar-refractivity contribution >= 4 is 106 Å². The van der Waals surface area contributed by atoms with Crippen LogP contribution in [0.5, 0.6) is 17.2 Å². The highest BCUT2D eigenvalue weighted by molar-refractivity contribution is 7.18. The Hall–Kier alpha value is -7.69. The average molecular weight is 1550 g/mol. The van der Waals surface area contributed by atoms with Crippen LogP contribution in [0.15, 0.2) is 125 Å². The highest BCUT2D eigenvalue weighted by Crippen LogP contribution is 2.53. The fraction of sp³-hybridized carbons (Fsp3) is 0.557. The number of phenols is 1. The van der Waals surface area contributed by atoms with E-state index in [1.54, 1.807) is 35.6 Å². The molecule has 8 bridgehead atoms. The molecule has 109 heavy (non-hydrogen) atoms. The summed E-state index contributed by atoms with van der Waals surface area (Å²) in [5.41, 5.74) is 7.56. The molecule has 18 nitrogen and oxygen atoms in total. The van der Waals surface area contributed by atoms with E-state index in [1.165, 1.54) is 138 Å². The fourth-order valence-corrected chi connectivity index (χ4v) is 22.1. The molecule has 2 amide bonds. The summed E-state index contributed by atoms with van der Waals surface area (Å²) in [7, 11) is 4.30. The Bertz CT molecular complexity index is 4150. The predicted octanol–water partition coefficient (Wildman–Crippen LogP) is 18.4. The lowest BCUT2D eigenvalue weighted by molar-refractivity contribution is -0.141. The van der Waals surface area contributed by atoms with Crippen molar-refractivity contribution in [1.29, 1.82) is 0 Å². The van der Waals surface area contributed by atoms with Crippen molar-refractivity contribution in [1.82, 2.24) is 16.0 Å². The predicted molar refractivity (Wildman–Crippen MR) is 433 cm³/mol. The highest BCUT2D eigenvalue weighted by atomic mass is 32.1. The summed E-state index contributed by atoms with van der Waals surface area (Å²) in [5, 5.41) is 37.7. The number of methoxy groups -OCH3 is 3. The monoisotopic (exact) mass is 1550 g/mol. The normalized spacial score (nSPS) is 26.6. The van der Waals surface area contributed by atoms with E-state index in [9.17, 15) is 38.7 Å². The maximum atomic E-state index is 13.3. The van der Waals surface area contributed by atoms with Crippen LogP contribution in [0.4, 0.5) is 0 Å². The van der Waals surface area contributed by atoms with Crippen LogP contribution in [-0.2, 0) is 38.2 Å². The summed E-state index contributed by atoms with van der Waals surface area (Å²) in [6.07, 6.45) is 45.6. The molecular formula is C88H114N4O14S3. The minimum atomic E-state index is -0.747. The summed E-state index contributed by atoms with van der Waals surface area (Å²) in [4.78, 5) is 81.5. The minimum Gasteiger partial charge on any atom is -0.508 e.